The van der Waals surface area contributed by atoms with Crippen molar-refractivity contribution in [3.63, 3.8) is 0 Å². The van der Waals surface area contributed by atoms with E-state index in [1.807, 2.05) is 4.90 Å². The van der Waals surface area contributed by atoms with E-state index in [9.17, 15) is 9.59 Å². The highest BCUT2D eigenvalue weighted by molar-refractivity contribution is 7.07. The zero-order valence-corrected chi connectivity index (χ0v) is 14.5. The van der Waals surface area contributed by atoms with E-state index in [0.717, 1.165) is 19.4 Å². The van der Waals surface area contributed by atoms with E-state index < -0.39 is 0 Å². The molecule has 8 heteroatoms. The summed E-state index contributed by atoms with van der Waals surface area (Å²) >= 11 is 7.39. The first-order valence-electron chi connectivity index (χ1n) is 7.70. The van der Waals surface area contributed by atoms with Crippen LogP contribution in [0.25, 0.3) is 0 Å². The highest BCUT2D eigenvalue weighted by Gasteiger charge is 2.25. The van der Waals surface area contributed by atoms with Crippen molar-refractivity contribution in [2.45, 2.75) is 12.8 Å². The Labute approximate surface area is 148 Å². The Balaban J connectivity index is 1.55. The van der Waals surface area contributed by atoms with Crippen LogP contribution in [0.2, 0.25) is 5.02 Å². The number of nitrogens with zero attached hydrogens (tertiary/aromatic N) is 3. The third-order valence-electron chi connectivity index (χ3n) is 4.03. The van der Waals surface area contributed by atoms with E-state index in [4.69, 9.17) is 11.6 Å². The third kappa shape index (κ3) is 3.91. The van der Waals surface area contributed by atoms with Crippen molar-refractivity contribution in [1.29, 1.82) is 0 Å². The molecule has 1 unspecified atom stereocenters. The van der Waals surface area contributed by atoms with Crippen LogP contribution in [0, 0.1) is 5.92 Å². The van der Waals surface area contributed by atoms with Gasteiger partial charge in [0.05, 0.1) is 16.1 Å². The third-order valence-corrected chi connectivity index (χ3v) is 4.91. The van der Waals surface area contributed by atoms with Crippen LogP contribution in [0.5, 0.6) is 0 Å². The minimum absolute atomic E-state index is 0.0375. The number of pyridine rings is 1. The lowest BCUT2D eigenvalue weighted by molar-refractivity contribution is 0.0666. The Hall–Kier alpha value is -1.99. The second-order valence-electron chi connectivity index (χ2n) is 5.70. The number of carbonyl (C=O) groups is 2. The van der Waals surface area contributed by atoms with Gasteiger partial charge in [0.1, 0.15) is 5.69 Å². The largest absolute Gasteiger partial charge is 0.352 e. The van der Waals surface area contributed by atoms with E-state index in [1.54, 1.807) is 17.0 Å². The number of carbonyl (C=O) groups excluding carboxylic acids is 2. The lowest BCUT2D eigenvalue weighted by Gasteiger charge is -2.32. The SMILES string of the molecule is O=C(NCC1CCCN(C(=O)c2cscn2)C1)c1ccncc1Cl. The highest BCUT2D eigenvalue weighted by atomic mass is 35.5. The first kappa shape index (κ1) is 16.9. The second kappa shape index (κ2) is 7.72. The maximum absolute atomic E-state index is 12.4. The molecule has 1 aliphatic rings. The Morgan fingerprint density at radius 1 is 1.46 bits per heavy atom. The molecule has 3 rings (SSSR count). The molecular weight excluding hydrogens is 348 g/mol. The molecule has 126 valence electrons. The lowest BCUT2D eigenvalue weighted by Crippen LogP contribution is -2.43. The van der Waals surface area contributed by atoms with Gasteiger partial charge in [0.15, 0.2) is 0 Å². The van der Waals surface area contributed by atoms with Crippen LogP contribution in [0.4, 0.5) is 0 Å². The summed E-state index contributed by atoms with van der Waals surface area (Å²) in [6, 6.07) is 1.59. The van der Waals surface area contributed by atoms with Gasteiger partial charge in [-0.15, -0.1) is 11.3 Å². The van der Waals surface area contributed by atoms with Crippen molar-refractivity contribution in [3.05, 3.63) is 45.6 Å². The Morgan fingerprint density at radius 2 is 2.33 bits per heavy atom. The normalized spacial score (nSPS) is 17.5. The van der Waals surface area contributed by atoms with Crippen LogP contribution in [-0.4, -0.2) is 46.3 Å². The molecule has 1 atom stereocenters. The van der Waals surface area contributed by atoms with Crippen LogP contribution < -0.4 is 5.32 Å². The lowest BCUT2D eigenvalue weighted by atomic mass is 9.97. The van der Waals surface area contributed by atoms with Gasteiger partial charge in [-0.1, -0.05) is 11.6 Å². The number of piperidine rings is 1. The minimum Gasteiger partial charge on any atom is -0.352 e. The summed E-state index contributed by atoms with van der Waals surface area (Å²) < 4.78 is 0. The number of aromatic nitrogens is 2. The molecule has 0 bridgehead atoms. The zero-order chi connectivity index (χ0) is 16.9. The van der Waals surface area contributed by atoms with Crippen molar-refractivity contribution in [2.24, 2.45) is 5.92 Å². The molecule has 0 aromatic carbocycles. The minimum atomic E-state index is -0.217. The molecule has 2 aromatic rings. The van der Waals surface area contributed by atoms with Crippen molar-refractivity contribution in [2.75, 3.05) is 19.6 Å². The summed E-state index contributed by atoms with van der Waals surface area (Å²) in [7, 11) is 0. The van der Waals surface area contributed by atoms with Gasteiger partial charge in [0, 0.05) is 37.4 Å². The van der Waals surface area contributed by atoms with Gasteiger partial charge < -0.3 is 10.2 Å². The molecular formula is C16H17ClN4O2S. The fraction of sp³-hybridized carbons (Fsp3) is 0.375. The molecule has 24 heavy (non-hydrogen) atoms. The standard InChI is InChI=1S/C16H17ClN4O2S/c17-13-7-18-4-3-12(13)15(22)19-6-11-2-1-5-21(8-11)16(23)14-9-24-10-20-14/h3-4,7,9-11H,1-2,5-6,8H2,(H,19,22). The molecule has 1 aliphatic heterocycles. The van der Waals surface area contributed by atoms with Crippen LogP contribution in [0.15, 0.2) is 29.4 Å². The Kier molecular flexibility index (Phi) is 5.42. The summed E-state index contributed by atoms with van der Waals surface area (Å²) in [4.78, 5) is 34.3. The monoisotopic (exact) mass is 364 g/mol. The smallest absolute Gasteiger partial charge is 0.273 e. The average molecular weight is 365 g/mol. The fourth-order valence-electron chi connectivity index (χ4n) is 2.79. The Bertz CT molecular complexity index is 723. The number of rotatable bonds is 4. The molecule has 1 fully saturated rings. The first-order chi connectivity index (χ1) is 11.6. The molecule has 6 nitrogen and oxygen atoms in total. The summed E-state index contributed by atoms with van der Waals surface area (Å²) in [5, 5.41) is 5.00. The zero-order valence-electron chi connectivity index (χ0n) is 12.9. The molecule has 1 N–H and O–H groups in total. The summed E-state index contributed by atoms with van der Waals surface area (Å²) in [6.45, 7) is 1.87. The predicted octanol–water partition coefficient (Wildman–Crippen LogP) is 2.47. The van der Waals surface area contributed by atoms with Crippen molar-refractivity contribution in [1.82, 2.24) is 20.2 Å². The molecule has 1 saturated heterocycles. The molecule has 2 aromatic heterocycles. The molecule has 2 amide bonds. The number of hydrogen-bond acceptors (Lipinski definition) is 5. The van der Waals surface area contributed by atoms with Gasteiger partial charge in [-0.3, -0.25) is 14.6 Å². The molecule has 0 spiro atoms. The topological polar surface area (TPSA) is 75.2 Å². The van der Waals surface area contributed by atoms with E-state index in [0.29, 0.717) is 29.4 Å². The van der Waals surface area contributed by atoms with E-state index >= 15 is 0 Å². The highest BCUT2D eigenvalue weighted by Crippen LogP contribution is 2.19. The fourth-order valence-corrected chi connectivity index (χ4v) is 3.52. The maximum Gasteiger partial charge on any atom is 0.273 e. The summed E-state index contributed by atoms with van der Waals surface area (Å²) in [6.07, 6.45) is 4.89. The molecule has 0 radical (unpaired) electrons. The average Bonchev–Trinajstić information content (AvgIpc) is 3.14. The van der Waals surface area contributed by atoms with Gasteiger partial charge in [-0.2, -0.15) is 0 Å². The van der Waals surface area contributed by atoms with E-state index in [-0.39, 0.29) is 17.7 Å². The van der Waals surface area contributed by atoms with Crippen molar-refractivity contribution < 1.29 is 9.59 Å². The summed E-state index contributed by atoms with van der Waals surface area (Å²) in [5.41, 5.74) is 2.57. The maximum atomic E-state index is 12.4. The van der Waals surface area contributed by atoms with Gasteiger partial charge in [0.25, 0.3) is 11.8 Å². The molecule has 0 saturated carbocycles. The quantitative estimate of drug-likeness (QED) is 0.904. The van der Waals surface area contributed by atoms with Gasteiger partial charge in [-0.25, -0.2) is 4.98 Å². The Morgan fingerprint density at radius 3 is 3.08 bits per heavy atom. The van der Waals surface area contributed by atoms with Crippen LogP contribution >= 0.6 is 22.9 Å². The van der Waals surface area contributed by atoms with Crippen LogP contribution in [0.1, 0.15) is 33.7 Å². The van der Waals surface area contributed by atoms with Gasteiger partial charge in [-0.05, 0) is 24.8 Å². The first-order valence-corrected chi connectivity index (χ1v) is 9.02. The van der Waals surface area contributed by atoms with Crippen molar-refractivity contribution >= 4 is 34.8 Å². The molecule has 3 heterocycles. The number of likely N-dealkylation sites (tertiary alicyclic amines) is 1. The van der Waals surface area contributed by atoms with Crippen molar-refractivity contribution in [3.8, 4) is 0 Å². The number of halogens is 1. The number of amides is 2. The number of nitrogens with one attached hydrogen (secondary N) is 1. The van der Waals surface area contributed by atoms with Crippen LogP contribution in [0.3, 0.4) is 0 Å². The second-order valence-corrected chi connectivity index (χ2v) is 6.82. The van der Waals surface area contributed by atoms with Gasteiger partial charge in [0.2, 0.25) is 0 Å². The number of hydrogen-bond donors (Lipinski definition) is 1. The predicted molar refractivity (Wildman–Crippen MR) is 92.3 cm³/mol. The van der Waals surface area contributed by atoms with Crippen LogP contribution in [-0.2, 0) is 0 Å². The summed E-state index contributed by atoms with van der Waals surface area (Å²) in [5.74, 6) is -0.0271. The van der Waals surface area contributed by atoms with Gasteiger partial charge >= 0.3 is 0 Å². The van der Waals surface area contributed by atoms with E-state index in [2.05, 4.69) is 15.3 Å². The van der Waals surface area contributed by atoms with E-state index in [1.165, 1.54) is 23.7 Å². The molecule has 0 aliphatic carbocycles. The number of thiazole rings is 1.